The van der Waals surface area contributed by atoms with Crippen molar-refractivity contribution in [1.29, 1.82) is 0 Å². The van der Waals surface area contributed by atoms with Crippen LogP contribution in [-0.4, -0.2) is 24.4 Å². The highest BCUT2D eigenvalue weighted by atomic mass is 19.4. The van der Waals surface area contributed by atoms with Crippen LogP contribution in [-0.2, 0) is 6.18 Å². The Labute approximate surface area is 143 Å². The van der Waals surface area contributed by atoms with Crippen LogP contribution in [0.2, 0.25) is 0 Å². The Morgan fingerprint density at radius 2 is 1.68 bits per heavy atom. The SMILES string of the molecule is CC.COc1ccc(OC)c(-c2cc(C(F)(F)F)cc3[nH]ncc23)c1. The molecule has 134 valence electrons. The van der Waals surface area contributed by atoms with Crippen molar-refractivity contribution in [3.05, 3.63) is 42.1 Å². The molecule has 0 unspecified atom stereocenters. The summed E-state index contributed by atoms with van der Waals surface area (Å²) in [4.78, 5) is 0. The molecule has 0 aliphatic heterocycles. The van der Waals surface area contributed by atoms with Crippen LogP contribution in [0.5, 0.6) is 11.5 Å². The van der Waals surface area contributed by atoms with Gasteiger partial charge in [0.25, 0.3) is 0 Å². The highest BCUT2D eigenvalue weighted by Gasteiger charge is 2.32. The van der Waals surface area contributed by atoms with Gasteiger partial charge < -0.3 is 9.47 Å². The fourth-order valence-corrected chi connectivity index (χ4v) is 2.46. The summed E-state index contributed by atoms with van der Waals surface area (Å²) in [7, 11) is 2.96. The number of fused-ring (bicyclic) bond motifs is 1. The maximum Gasteiger partial charge on any atom is 0.416 e. The lowest BCUT2D eigenvalue weighted by atomic mass is 9.98. The average Bonchev–Trinajstić information content (AvgIpc) is 3.10. The van der Waals surface area contributed by atoms with E-state index in [0.717, 1.165) is 12.1 Å². The molecule has 0 saturated heterocycles. The number of rotatable bonds is 3. The van der Waals surface area contributed by atoms with Crippen LogP contribution in [0.1, 0.15) is 19.4 Å². The molecule has 0 bridgehead atoms. The lowest BCUT2D eigenvalue weighted by Gasteiger charge is -2.14. The summed E-state index contributed by atoms with van der Waals surface area (Å²) in [5, 5.41) is 7.00. The molecule has 0 amide bonds. The van der Waals surface area contributed by atoms with Crippen molar-refractivity contribution in [3.8, 4) is 22.6 Å². The number of H-pyrrole nitrogens is 1. The van der Waals surface area contributed by atoms with E-state index in [1.807, 2.05) is 13.8 Å². The first kappa shape index (κ1) is 18.6. The van der Waals surface area contributed by atoms with Crippen molar-refractivity contribution >= 4 is 10.9 Å². The van der Waals surface area contributed by atoms with E-state index in [1.165, 1.54) is 20.4 Å². The van der Waals surface area contributed by atoms with Crippen LogP contribution < -0.4 is 9.47 Å². The lowest BCUT2D eigenvalue weighted by molar-refractivity contribution is -0.137. The van der Waals surface area contributed by atoms with Gasteiger partial charge in [-0.1, -0.05) is 13.8 Å². The second kappa shape index (κ2) is 7.46. The zero-order valence-electron chi connectivity index (χ0n) is 14.4. The van der Waals surface area contributed by atoms with Gasteiger partial charge in [0, 0.05) is 10.9 Å². The van der Waals surface area contributed by atoms with Gasteiger partial charge in [0.05, 0.1) is 31.5 Å². The smallest absolute Gasteiger partial charge is 0.416 e. The van der Waals surface area contributed by atoms with E-state index < -0.39 is 11.7 Å². The third-order valence-electron chi connectivity index (χ3n) is 3.58. The fraction of sp³-hybridized carbons (Fsp3) is 0.278. The summed E-state index contributed by atoms with van der Waals surface area (Å²) in [5.74, 6) is 0.975. The summed E-state index contributed by atoms with van der Waals surface area (Å²) in [6, 6.07) is 7.11. The average molecular weight is 352 g/mol. The number of nitrogens with one attached hydrogen (secondary N) is 1. The topological polar surface area (TPSA) is 47.1 Å². The highest BCUT2D eigenvalue weighted by molar-refractivity contribution is 5.96. The van der Waals surface area contributed by atoms with Crippen molar-refractivity contribution in [3.63, 3.8) is 0 Å². The molecule has 1 N–H and O–H groups in total. The summed E-state index contributed by atoms with van der Waals surface area (Å²) in [6.07, 6.45) is -2.97. The second-order valence-corrected chi connectivity index (χ2v) is 4.92. The number of alkyl halides is 3. The Morgan fingerprint density at radius 1 is 0.960 bits per heavy atom. The minimum absolute atomic E-state index is 0.305. The van der Waals surface area contributed by atoms with Gasteiger partial charge in [-0.15, -0.1) is 0 Å². The third-order valence-corrected chi connectivity index (χ3v) is 3.58. The largest absolute Gasteiger partial charge is 0.497 e. The molecule has 0 aliphatic carbocycles. The van der Waals surface area contributed by atoms with Crippen LogP contribution in [0.4, 0.5) is 13.2 Å². The maximum absolute atomic E-state index is 13.2. The van der Waals surface area contributed by atoms with Gasteiger partial charge >= 0.3 is 6.18 Å². The molecule has 0 fully saturated rings. The van der Waals surface area contributed by atoms with E-state index in [2.05, 4.69) is 10.2 Å². The van der Waals surface area contributed by atoms with Gasteiger partial charge in [0.2, 0.25) is 0 Å². The first-order valence-corrected chi connectivity index (χ1v) is 7.70. The number of ether oxygens (including phenoxy) is 2. The number of halogens is 3. The minimum atomic E-state index is -4.46. The number of methoxy groups -OCH3 is 2. The fourth-order valence-electron chi connectivity index (χ4n) is 2.46. The normalized spacial score (nSPS) is 11.0. The van der Waals surface area contributed by atoms with Crippen molar-refractivity contribution < 1.29 is 22.6 Å². The number of aromatic amines is 1. The number of hydrogen-bond acceptors (Lipinski definition) is 3. The van der Waals surface area contributed by atoms with Gasteiger partial charge in [0.1, 0.15) is 11.5 Å². The molecule has 7 heteroatoms. The van der Waals surface area contributed by atoms with Gasteiger partial charge in [-0.25, -0.2) is 0 Å². The molecule has 0 saturated carbocycles. The predicted octanol–water partition coefficient (Wildman–Crippen LogP) is 5.29. The Morgan fingerprint density at radius 3 is 2.28 bits per heavy atom. The van der Waals surface area contributed by atoms with Crippen LogP contribution in [0.3, 0.4) is 0 Å². The van der Waals surface area contributed by atoms with E-state index in [4.69, 9.17) is 9.47 Å². The molecule has 0 radical (unpaired) electrons. The Hall–Kier alpha value is -2.70. The van der Waals surface area contributed by atoms with Crippen molar-refractivity contribution in [2.45, 2.75) is 20.0 Å². The zero-order valence-corrected chi connectivity index (χ0v) is 14.4. The molecule has 4 nitrogen and oxygen atoms in total. The Balaban J connectivity index is 0.00000109. The highest BCUT2D eigenvalue weighted by Crippen LogP contribution is 2.40. The maximum atomic E-state index is 13.2. The molecule has 3 aromatic rings. The molecule has 1 aromatic heterocycles. The van der Waals surface area contributed by atoms with Crippen LogP contribution in [0.15, 0.2) is 36.5 Å². The molecule has 0 atom stereocenters. The van der Waals surface area contributed by atoms with Crippen LogP contribution in [0.25, 0.3) is 22.0 Å². The molecule has 3 rings (SSSR count). The van der Waals surface area contributed by atoms with Crippen LogP contribution in [0, 0.1) is 0 Å². The molecule has 0 spiro atoms. The van der Waals surface area contributed by atoms with Crippen molar-refractivity contribution in [1.82, 2.24) is 10.2 Å². The number of benzene rings is 2. The monoisotopic (exact) mass is 352 g/mol. The van der Waals surface area contributed by atoms with Gasteiger partial charge in [-0.05, 0) is 35.9 Å². The van der Waals surface area contributed by atoms with E-state index in [-0.39, 0.29) is 0 Å². The Kier molecular flexibility index (Phi) is 5.56. The molecule has 25 heavy (non-hydrogen) atoms. The summed E-state index contributed by atoms with van der Waals surface area (Å²) < 4.78 is 49.9. The number of nitrogens with zero attached hydrogens (tertiary/aromatic N) is 1. The molecular formula is C18H19F3N2O2. The summed E-state index contributed by atoms with van der Waals surface area (Å²) in [5.41, 5.74) is 0.428. The van der Waals surface area contributed by atoms with Crippen molar-refractivity contribution in [2.75, 3.05) is 14.2 Å². The third kappa shape index (κ3) is 3.70. The standard InChI is InChI=1S/C16H13F3N2O2.C2H6/c1-22-10-3-4-15(23-2)12(7-10)11-5-9(16(17,18)19)6-14-13(11)8-20-21-14;1-2/h3-8H,1-2H3,(H,20,21);1-2H3. The first-order chi connectivity index (χ1) is 11.9. The summed E-state index contributed by atoms with van der Waals surface area (Å²) >= 11 is 0. The molecule has 2 aromatic carbocycles. The second-order valence-electron chi connectivity index (χ2n) is 4.92. The van der Waals surface area contributed by atoms with Gasteiger partial charge in [-0.2, -0.15) is 18.3 Å². The minimum Gasteiger partial charge on any atom is -0.497 e. The first-order valence-electron chi connectivity index (χ1n) is 7.70. The quantitative estimate of drug-likeness (QED) is 0.696. The zero-order chi connectivity index (χ0) is 18.6. The molecule has 0 aliphatic rings. The number of hydrogen-bond donors (Lipinski definition) is 1. The predicted molar refractivity (Wildman–Crippen MR) is 91.0 cm³/mol. The van der Waals surface area contributed by atoms with E-state index in [9.17, 15) is 13.2 Å². The van der Waals surface area contributed by atoms with E-state index in [1.54, 1.807) is 18.2 Å². The molecule has 1 heterocycles. The van der Waals surface area contributed by atoms with E-state index in [0.29, 0.717) is 33.5 Å². The summed E-state index contributed by atoms with van der Waals surface area (Å²) in [6.45, 7) is 4.00. The van der Waals surface area contributed by atoms with Crippen molar-refractivity contribution in [2.24, 2.45) is 0 Å². The number of aromatic nitrogens is 2. The van der Waals surface area contributed by atoms with Gasteiger partial charge in [0.15, 0.2) is 0 Å². The Bertz CT molecular complexity index is 857. The van der Waals surface area contributed by atoms with Crippen LogP contribution >= 0.6 is 0 Å². The lowest BCUT2D eigenvalue weighted by Crippen LogP contribution is -2.05. The van der Waals surface area contributed by atoms with E-state index >= 15 is 0 Å². The molecular weight excluding hydrogens is 333 g/mol. The van der Waals surface area contributed by atoms with Gasteiger partial charge in [-0.3, -0.25) is 5.10 Å².